The minimum absolute atomic E-state index is 0.174. The molecule has 4 rings (SSSR count). The van der Waals surface area contributed by atoms with Crippen molar-refractivity contribution in [3.8, 4) is 11.3 Å². The molecule has 2 heterocycles. The molecule has 2 aromatic carbocycles. The molecule has 1 atom stereocenters. The molecule has 1 saturated heterocycles. The van der Waals surface area contributed by atoms with Crippen molar-refractivity contribution in [3.63, 3.8) is 0 Å². The van der Waals surface area contributed by atoms with Gasteiger partial charge in [0.05, 0.1) is 11.8 Å². The van der Waals surface area contributed by atoms with Crippen molar-refractivity contribution in [2.24, 2.45) is 7.05 Å². The number of carbonyl (C=O) groups is 1. The number of piperidine rings is 1. The van der Waals surface area contributed by atoms with Crippen molar-refractivity contribution in [1.82, 2.24) is 9.78 Å². The van der Waals surface area contributed by atoms with Crippen LogP contribution >= 0.6 is 0 Å². The van der Waals surface area contributed by atoms with Gasteiger partial charge in [0, 0.05) is 44.2 Å². The third-order valence-corrected chi connectivity index (χ3v) is 5.38. The van der Waals surface area contributed by atoms with Gasteiger partial charge in [0.15, 0.2) is 0 Å². The van der Waals surface area contributed by atoms with Crippen molar-refractivity contribution in [3.05, 3.63) is 66.4 Å². The van der Waals surface area contributed by atoms with Crippen LogP contribution in [-0.2, 0) is 11.8 Å². The van der Waals surface area contributed by atoms with E-state index in [2.05, 4.69) is 15.3 Å². The number of benzene rings is 2. The van der Waals surface area contributed by atoms with Gasteiger partial charge in [-0.15, -0.1) is 0 Å². The van der Waals surface area contributed by atoms with Crippen LogP contribution in [0.15, 0.2) is 60.7 Å². The van der Waals surface area contributed by atoms with Gasteiger partial charge in [0.1, 0.15) is 5.69 Å². The highest BCUT2D eigenvalue weighted by atomic mass is 16.5. The van der Waals surface area contributed by atoms with Gasteiger partial charge in [-0.05, 0) is 43.2 Å². The van der Waals surface area contributed by atoms with Crippen LogP contribution in [-0.4, -0.2) is 42.0 Å². The van der Waals surface area contributed by atoms with Crippen LogP contribution in [0.4, 0.5) is 11.4 Å². The van der Waals surface area contributed by atoms with E-state index in [9.17, 15) is 4.79 Å². The lowest BCUT2D eigenvalue weighted by Gasteiger charge is -2.33. The standard InChI is InChI=1S/C23H26N4O2/c1-26-22(15-21(25-26)17-7-4-3-5-8-17)23(28)24-18-10-12-19(13-11-18)27-14-6-9-20(16-27)29-2/h3-5,7-8,10-13,15,20H,6,9,14,16H2,1-2H3,(H,24,28). The predicted molar refractivity (Wildman–Crippen MR) is 115 cm³/mol. The molecule has 0 spiro atoms. The Balaban J connectivity index is 1.44. The van der Waals surface area contributed by atoms with Crippen LogP contribution in [0.2, 0.25) is 0 Å². The summed E-state index contributed by atoms with van der Waals surface area (Å²) >= 11 is 0. The fourth-order valence-electron chi connectivity index (χ4n) is 3.75. The van der Waals surface area contributed by atoms with Crippen LogP contribution < -0.4 is 10.2 Å². The quantitative estimate of drug-likeness (QED) is 0.717. The Morgan fingerprint density at radius 1 is 1.14 bits per heavy atom. The second-order valence-electron chi connectivity index (χ2n) is 7.35. The first-order valence-corrected chi connectivity index (χ1v) is 9.92. The van der Waals surface area contributed by atoms with Crippen LogP contribution in [0.5, 0.6) is 0 Å². The second kappa shape index (κ2) is 8.49. The Hall–Kier alpha value is -3.12. The summed E-state index contributed by atoms with van der Waals surface area (Å²) in [5.41, 5.74) is 4.21. The number of hydrogen-bond donors (Lipinski definition) is 1. The van der Waals surface area contributed by atoms with Gasteiger partial charge >= 0.3 is 0 Å². The first-order chi connectivity index (χ1) is 14.1. The van der Waals surface area contributed by atoms with Crippen molar-refractivity contribution >= 4 is 17.3 Å². The normalized spacial score (nSPS) is 16.6. The zero-order valence-corrected chi connectivity index (χ0v) is 16.8. The molecule has 1 aliphatic rings. The van der Waals surface area contributed by atoms with Gasteiger partial charge in [-0.1, -0.05) is 30.3 Å². The molecule has 6 nitrogen and oxygen atoms in total. The topological polar surface area (TPSA) is 59.4 Å². The lowest BCUT2D eigenvalue weighted by atomic mass is 10.1. The zero-order chi connectivity index (χ0) is 20.2. The molecule has 1 aliphatic heterocycles. The van der Waals surface area contributed by atoms with Crippen LogP contribution in [0.3, 0.4) is 0 Å². The fraction of sp³-hybridized carbons (Fsp3) is 0.304. The molecule has 1 N–H and O–H groups in total. The van der Waals surface area contributed by atoms with E-state index in [1.807, 2.05) is 60.7 Å². The predicted octanol–water partition coefficient (Wildman–Crippen LogP) is 3.95. The zero-order valence-electron chi connectivity index (χ0n) is 16.8. The summed E-state index contributed by atoms with van der Waals surface area (Å²) in [6.07, 6.45) is 2.52. The highest BCUT2D eigenvalue weighted by molar-refractivity contribution is 6.03. The summed E-state index contributed by atoms with van der Waals surface area (Å²) in [5, 5.41) is 7.44. The second-order valence-corrected chi connectivity index (χ2v) is 7.35. The Morgan fingerprint density at radius 3 is 2.62 bits per heavy atom. The minimum atomic E-state index is -0.174. The molecule has 1 unspecified atom stereocenters. The van der Waals surface area contributed by atoms with Crippen molar-refractivity contribution < 1.29 is 9.53 Å². The van der Waals surface area contributed by atoms with Crippen molar-refractivity contribution in [2.45, 2.75) is 18.9 Å². The smallest absolute Gasteiger partial charge is 0.273 e. The van der Waals surface area contributed by atoms with Crippen molar-refractivity contribution in [2.75, 3.05) is 30.4 Å². The molecule has 0 saturated carbocycles. The highest BCUT2D eigenvalue weighted by Crippen LogP contribution is 2.24. The summed E-state index contributed by atoms with van der Waals surface area (Å²) in [7, 11) is 3.56. The molecule has 3 aromatic rings. The molecule has 29 heavy (non-hydrogen) atoms. The first-order valence-electron chi connectivity index (χ1n) is 9.92. The van der Waals surface area contributed by atoms with Crippen LogP contribution in [0.25, 0.3) is 11.3 Å². The van der Waals surface area contributed by atoms with E-state index < -0.39 is 0 Å². The summed E-state index contributed by atoms with van der Waals surface area (Å²) in [4.78, 5) is 15.1. The van der Waals surface area contributed by atoms with E-state index in [4.69, 9.17) is 4.74 Å². The molecule has 6 heteroatoms. The first kappa shape index (κ1) is 19.2. The maximum Gasteiger partial charge on any atom is 0.273 e. The molecule has 0 radical (unpaired) electrons. The molecule has 1 amide bonds. The summed E-state index contributed by atoms with van der Waals surface area (Å²) < 4.78 is 7.12. The van der Waals surface area contributed by atoms with Gasteiger partial charge in [-0.2, -0.15) is 5.10 Å². The summed E-state index contributed by atoms with van der Waals surface area (Å²) in [6.45, 7) is 1.93. The molecule has 0 bridgehead atoms. The third-order valence-electron chi connectivity index (χ3n) is 5.38. The van der Waals surface area contributed by atoms with Crippen LogP contribution in [0, 0.1) is 0 Å². The number of carbonyl (C=O) groups excluding carboxylic acids is 1. The largest absolute Gasteiger partial charge is 0.380 e. The number of aryl methyl sites for hydroxylation is 1. The number of ether oxygens (including phenoxy) is 1. The fourth-order valence-corrected chi connectivity index (χ4v) is 3.75. The number of rotatable bonds is 5. The number of methoxy groups -OCH3 is 1. The molecular formula is C23H26N4O2. The summed E-state index contributed by atoms with van der Waals surface area (Å²) in [6, 6.07) is 19.6. The highest BCUT2D eigenvalue weighted by Gasteiger charge is 2.20. The number of nitrogens with one attached hydrogen (secondary N) is 1. The van der Waals surface area contributed by atoms with E-state index in [1.54, 1.807) is 18.8 Å². The number of amides is 1. The minimum Gasteiger partial charge on any atom is -0.380 e. The van der Waals surface area contributed by atoms with Gasteiger partial charge in [-0.3, -0.25) is 9.48 Å². The van der Waals surface area contributed by atoms with Gasteiger partial charge in [-0.25, -0.2) is 0 Å². The Labute approximate surface area is 171 Å². The van der Waals surface area contributed by atoms with E-state index in [1.165, 1.54) is 0 Å². The van der Waals surface area contributed by atoms with Crippen molar-refractivity contribution in [1.29, 1.82) is 0 Å². The lowest BCUT2D eigenvalue weighted by molar-refractivity contribution is 0.0893. The molecule has 1 aromatic heterocycles. The van der Waals surface area contributed by atoms with E-state index in [-0.39, 0.29) is 12.0 Å². The Bertz CT molecular complexity index is 966. The molecule has 150 valence electrons. The lowest BCUT2D eigenvalue weighted by Crippen LogP contribution is -2.39. The average molecular weight is 390 g/mol. The average Bonchev–Trinajstić information content (AvgIpc) is 3.17. The number of nitrogens with zero attached hydrogens (tertiary/aromatic N) is 3. The van der Waals surface area contributed by atoms with Gasteiger partial charge < -0.3 is 15.0 Å². The van der Waals surface area contributed by atoms with E-state index in [0.717, 1.165) is 48.6 Å². The van der Waals surface area contributed by atoms with E-state index in [0.29, 0.717) is 5.69 Å². The van der Waals surface area contributed by atoms with E-state index >= 15 is 0 Å². The molecule has 0 aliphatic carbocycles. The van der Waals surface area contributed by atoms with Gasteiger partial charge in [0.25, 0.3) is 5.91 Å². The van der Waals surface area contributed by atoms with Crippen LogP contribution in [0.1, 0.15) is 23.3 Å². The monoisotopic (exact) mass is 390 g/mol. The maximum atomic E-state index is 12.7. The summed E-state index contributed by atoms with van der Waals surface area (Å²) in [5.74, 6) is -0.174. The number of aromatic nitrogens is 2. The number of hydrogen-bond acceptors (Lipinski definition) is 4. The maximum absolute atomic E-state index is 12.7. The Kier molecular flexibility index (Phi) is 5.62. The Morgan fingerprint density at radius 2 is 1.90 bits per heavy atom. The number of anilines is 2. The third kappa shape index (κ3) is 4.32. The molecule has 1 fully saturated rings. The van der Waals surface area contributed by atoms with Gasteiger partial charge in [0.2, 0.25) is 0 Å². The SMILES string of the molecule is COC1CCCN(c2ccc(NC(=O)c3cc(-c4ccccc4)nn3C)cc2)C1. The molecular weight excluding hydrogens is 364 g/mol.